The van der Waals surface area contributed by atoms with E-state index in [0.717, 1.165) is 28.4 Å². The molecule has 0 aliphatic rings. The van der Waals surface area contributed by atoms with Gasteiger partial charge in [-0.1, -0.05) is 41.7 Å². The number of aromatic nitrogens is 2. The van der Waals surface area contributed by atoms with Crippen LogP contribution in [0.1, 0.15) is 5.56 Å². The molecule has 2 aromatic heterocycles. The van der Waals surface area contributed by atoms with Gasteiger partial charge in [0.1, 0.15) is 10.3 Å². The molecule has 1 aromatic carbocycles. The van der Waals surface area contributed by atoms with E-state index in [-0.39, 0.29) is 0 Å². The zero-order valence-electron chi connectivity index (χ0n) is 9.84. The van der Waals surface area contributed by atoms with Gasteiger partial charge in [0.2, 0.25) is 0 Å². The first-order valence-electron chi connectivity index (χ1n) is 5.91. The van der Waals surface area contributed by atoms with Crippen LogP contribution in [0.5, 0.6) is 0 Å². The fourth-order valence-corrected chi connectivity index (χ4v) is 2.64. The number of hydrogen-bond donors (Lipinski definition) is 1. The minimum absolute atomic E-state index is 0.893. The van der Waals surface area contributed by atoms with Crippen molar-refractivity contribution in [1.29, 1.82) is 0 Å². The van der Waals surface area contributed by atoms with Crippen LogP contribution < -0.4 is 5.32 Å². The van der Waals surface area contributed by atoms with Crippen molar-refractivity contribution in [2.24, 2.45) is 0 Å². The molecule has 0 atom stereocenters. The zero-order valence-corrected chi connectivity index (χ0v) is 10.7. The molecule has 0 spiro atoms. The van der Waals surface area contributed by atoms with Crippen molar-refractivity contribution in [3.63, 3.8) is 0 Å². The van der Waals surface area contributed by atoms with Gasteiger partial charge in [0.05, 0.1) is 0 Å². The first-order chi connectivity index (χ1) is 8.92. The van der Waals surface area contributed by atoms with Crippen molar-refractivity contribution >= 4 is 26.8 Å². The van der Waals surface area contributed by atoms with Crippen LogP contribution >= 0.6 is 11.3 Å². The molecule has 0 aliphatic heterocycles. The molecule has 0 radical (unpaired) electrons. The molecule has 0 bridgehead atoms. The standard InChI is InChI=1S/C14H13N3S/c1-2-5-11(6-3-1)8-10-16-14-17-12-7-4-9-15-13(12)18-14/h1-7,9H,8,10H2,(H,16,17). The molecule has 3 nitrogen and oxygen atoms in total. The normalized spacial score (nSPS) is 10.7. The van der Waals surface area contributed by atoms with Crippen molar-refractivity contribution in [1.82, 2.24) is 9.97 Å². The Morgan fingerprint density at radius 1 is 1.06 bits per heavy atom. The number of anilines is 1. The predicted molar refractivity (Wildman–Crippen MR) is 76.1 cm³/mol. The Balaban J connectivity index is 1.63. The highest BCUT2D eigenvalue weighted by Crippen LogP contribution is 2.23. The lowest BCUT2D eigenvalue weighted by Crippen LogP contribution is -2.04. The van der Waals surface area contributed by atoms with Gasteiger partial charge in [-0.25, -0.2) is 9.97 Å². The SMILES string of the molecule is c1ccc(CCNc2nc3cccnc3s2)cc1. The van der Waals surface area contributed by atoms with Gasteiger partial charge in [-0.3, -0.25) is 0 Å². The topological polar surface area (TPSA) is 37.8 Å². The van der Waals surface area contributed by atoms with Crippen molar-refractivity contribution in [3.8, 4) is 0 Å². The lowest BCUT2D eigenvalue weighted by atomic mass is 10.2. The smallest absolute Gasteiger partial charge is 0.185 e. The quantitative estimate of drug-likeness (QED) is 0.777. The first-order valence-corrected chi connectivity index (χ1v) is 6.73. The van der Waals surface area contributed by atoms with Crippen LogP contribution in [0.25, 0.3) is 10.3 Å². The summed E-state index contributed by atoms with van der Waals surface area (Å²) in [5.74, 6) is 0. The van der Waals surface area contributed by atoms with Gasteiger partial charge in [0, 0.05) is 12.7 Å². The van der Waals surface area contributed by atoms with E-state index in [1.54, 1.807) is 17.5 Å². The minimum atomic E-state index is 0.893. The van der Waals surface area contributed by atoms with Gasteiger partial charge in [0.25, 0.3) is 0 Å². The molecule has 1 N–H and O–H groups in total. The monoisotopic (exact) mass is 255 g/mol. The summed E-state index contributed by atoms with van der Waals surface area (Å²) in [4.78, 5) is 9.76. The van der Waals surface area contributed by atoms with E-state index in [2.05, 4.69) is 39.6 Å². The summed E-state index contributed by atoms with van der Waals surface area (Å²) in [7, 11) is 0. The lowest BCUT2D eigenvalue weighted by molar-refractivity contribution is 1.02. The lowest BCUT2D eigenvalue weighted by Gasteiger charge is -2.02. The molecule has 3 aromatic rings. The number of nitrogens with one attached hydrogen (secondary N) is 1. The largest absolute Gasteiger partial charge is 0.361 e. The average Bonchev–Trinajstić information content (AvgIpc) is 2.82. The minimum Gasteiger partial charge on any atom is -0.361 e. The maximum Gasteiger partial charge on any atom is 0.185 e. The second-order valence-corrected chi connectivity index (χ2v) is 4.99. The number of pyridine rings is 1. The predicted octanol–water partition coefficient (Wildman–Crippen LogP) is 3.35. The second-order valence-electron chi connectivity index (χ2n) is 4.01. The summed E-state index contributed by atoms with van der Waals surface area (Å²) >= 11 is 1.60. The Morgan fingerprint density at radius 2 is 1.94 bits per heavy atom. The van der Waals surface area contributed by atoms with Crippen molar-refractivity contribution in [2.75, 3.05) is 11.9 Å². The van der Waals surface area contributed by atoms with Gasteiger partial charge in [-0.15, -0.1) is 0 Å². The highest BCUT2D eigenvalue weighted by Gasteiger charge is 2.02. The van der Waals surface area contributed by atoms with E-state index in [0.29, 0.717) is 0 Å². The molecule has 0 saturated heterocycles. The van der Waals surface area contributed by atoms with Crippen LogP contribution in [0, 0.1) is 0 Å². The number of rotatable bonds is 4. The fraction of sp³-hybridized carbons (Fsp3) is 0.143. The number of fused-ring (bicyclic) bond motifs is 1. The van der Waals surface area contributed by atoms with Gasteiger partial charge < -0.3 is 5.32 Å². The van der Waals surface area contributed by atoms with Crippen LogP contribution in [0.15, 0.2) is 48.7 Å². The molecule has 0 fully saturated rings. The van der Waals surface area contributed by atoms with E-state index in [9.17, 15) is 0 Å². The van der Waals surface area contributed by atoms with Crippen LogP contribution in [0.4, 0.5) is 5.13 Å². The molecular formula is C14H13N3S. The molecule has 0 aliphatic carbocycles. The van der Waals surface area contributed by atoms with Crippen LogP contribution in [0.2, 0.25) is 0 Å². The third-order valence-corrected chi connectivity index (χ3v) is 3.64. The van der Waals surface area contributed by atoms with E-state index in [4.69, 9.17) is 0 Å². The average molecular weight is 255 g/mol. The highest BCUT2D eigenvalue weighted by molar-refractivity contribution is 7.21. The molecule has 3 rings (SSSR count). The summed E-state index contributed by atoms with van der Waals surface area (Å²) in [5, 5.41) is 4.29. The maximum atomic E-state index is 4.49. The van der Waals surface area contributed by atoms with Gasteiger partial charge >= 0.3 is 0 Å². The van der Waals surface area contributed by atoms with Crippen LogP contribution in [-0.4, -0.2) is 16.5 Å². The molecule has 2 heterocycles. The molecular weight excluding hydrogens is 242 g/mol. The van der Waals surface area contributed by atoms with E-state index in [1.165, 1.54) is 5.56 Å². The third-order valence-electron chi connectivity index (χ3n) is 2.70. The highest BCUT2D eigenvalue weighted by atomic mass is 32.1. The Kier molecular flexibility index (Phi) is 3.19. The second kappa shape index (κ2) is 5.14. The fourth-order valence-electron chi connectivity index (χ4n) is 1.80. The maximum absolute atomic E-state index is 4.49. The summed E-state index contributed by atoms with van der Waals surface area (Å²) in [6.07, 6.45) is 2.80. The van der Waals surface area contributed by atoms with Gasteiger partial charge in [0.15, 0.2) is 5.13 Å². The summed E-state index contributed by atoms with van der Waals surface area (Å²) < 4.78 is 0. The van der Waals surface area contributed by atoms with E-state index >= 15 is 0 Å². The van der Waals surface area contributed by atoms with Gasteiger partial charge in [-0.2, -0.15) is 0 Å². The Labute approximate surface area is 110 Å². The van der Waals surface area contributed by atoms with Crippen molar-refractivity contribution < 1.29 is 0 Å². The van der Waals surface area contributed by atoms with Gasteiger partial charge in [-0.05, 0) is 24.1 Å². The molecule has 0 amide bonds. The van der Waals surface area contributed by atoms with E-state index < -0.39 is 0 Å². The van der Waals surface area contributed by atoms with E-state index in [1.807, 2.05) is 18.2 Å². The molecule has 0 unspecified atom stereocenters. The number of hydrogen-bond acceptors (Lipinski definition) is 4. The molecule has 90 valence electrons. The number of benzene rings is 1. The molecule has 0 saturated carbocycles. The summed E-state index contributed by atoms with van der Waals surface area (Å²) in [5.41, 5.74) is 2.30. The first kappa shape index (κ1) is 11.2. The Hall–Kier alpha value is -1.94. The molecule has 4 heteroatoms. The zero-order chi connectivity index (χ0) is 12.2. The van der Waals surface area contributed by atoms with Crippen LogP contribution in [-0.2, 0) is 6.42 Å². The third kappa shape index (κ3) is 2.49. The molecule has 18 heavy (non-hydrogen) atoms. The Bertz CT molecular complexity index is 601. The van der Waals surface area contributed by atoms with Crippen molar-refractivity contribution in [2.45, 2.75) is 6.42 Å². The number of nitrogens with zero attached hydrogens (tertiary/aromatic N) is 2. The summed E-state index contributed by atoms with van der Waals surface area (Å²) in [6, 6.07) is 14.4. The number of thiazole rings is 1. The summed E-state index contributed by atoms with van der Waals surface area (Å²) in [6.45, 7) is 0.893. The van der Waals surface area contributed by atoms with Crippen LogP contribution in [0.3, 0.4) is 0 Å². The van der Waals surface area contributed by atoms with Crippen molar-refractivity contribution in [3.05, 3.63) is 54.2 Å². The Morgan fingerprint density at radius 3 is 2.78 bits per heavy atom.